The molecule has 4 aromatic heterocycles. The van der Waals surface area contributed by atoms with Gasteiger partial charge in [-0.05, 0) is 154 Å². The molecule has 10 heterocycles. The van der Waals surface area contributed by atoms with E-state index in [0.29, 0.717) is 170 Å². The molecule has 149 heavy (non-hydrogen) atoms. The lowest BCUT2D eigenvalue weighted by Gasteiger charge is -2.44. The predicted molar refractivity (Wildman–Crippen MR) is 489 cm³/mol. The molecule has 15 rings (SSSR count). The van der Waals surface area contributed by atoms with E-state index in [4.69, 9.17) is 42.7 Å². The van der Waals surface area contributed by atoms with Crippen LogP contribution in [0.1, 0.15) is 146 Å². The number of nitrogens with two attached hydrogens (primary N) is 5. The number of ether oxygens (including phenoxy) is 2. The van der Waals surface area contributed by atoms with Gasteiger partial charge in [0.1, 0.15) is 41.0 Å². The molecule has 0 spiro atoms. The van der Waals surface area contributed by atoms with E-state index in [1.807, 2.05) is 31.2 Å². The Morgan fingerprint density at radius 3 is 1.18 bits per heavy atom. The van der Waals surface area contributed by atoms with Gasteiger partial charge in [-0.3, -0.25) is 33.9 Å². The predicted octanol–water partition coefficient (Wildman–Crippen LogP) is 13.3. The van der Waals surface area contributed by atoms with Crippen molar-refractivity contribution < 1.29 is 147 Å². The largest absolute Gasteiger partial charge is 0.511 e. The number of sulfonamides is 1. The Hall–Kier alpha value is -12.2. The van der Waals surface area contributed by atoms with Gasteiger partial charge in [0, 0.05) is 237 Å². The van der Waals surface area contributed by atoms with Crippen LogP contribution in [-0.2, 0) is 77.0 Å². The van der Waals surface area contributed by atoms with E-state index >= 15 is 0 Å². The molecule has 1 unspecified atom stereocenters. The van der Waals surface area contributed by atoms with Crippen molar-refractivity contribution in [2.24, 2.45) is 28.7 Å². The molecule has 11 N–H and O–H groups in total. The second-order valence-electron chi connectivity index (χ2n) is 36.7. The Labute approximate surface area is 839 Å². The first-order valence-corrected chi connectivity index (χ1v) is 48.6. The summed E-state index contributed by atoms with van der Waals surface area (Å²) < 4.78 is 344. The highest BCUT2D eigenvalue weighted by Crippen LogP contribution is 2.37. The van der Waals surface area contributed by atoms with Crippen LogP contribution in [0.15, 0.2) is 120 Å². The highest BCUT2D eigenvalue weighted by atomic mass is 32.2. The Morgan fingerprint density at radius 1 is 0.443 bits per heavy atom. The van der Waals surface area contributed by atoms with Crippen LogP contribution in [-0.4, -0.2) is 249 Å². The molecule has 0 bridgehead atoms. The SMILES string of the molecule is Cc1ccc(-c2noc(C3CCN(C(=O)C[C@H](N)Cc4cc(F)c(F)cc4F)CC3)n2)cn1.N[C@@H](CC(=O)N1CCC(N2CCOCC2)C(F)(F)C1)Cc1cc(F)c(F)cc1F.N[C@@H](CC(=O)N1CCC(Oc2ccccn2)CC1)Cc1cc(F)c(F)cc1F.N[C@@H](CC(=O)N1CCC(c2ncc(C(F)(F)F)cn2)CC1)Cc1cc(F)c(F)cc1F.N[C@@H](CC(=O)N1CC[C@H](NS(=O)(=O)C(F)(F)F)C1)Cc1cc(F)c(F)cc1F. The van der Waals surface area contributed by atoms with E-state index in [-0.39, 0.29) is 160 Å². The van der Waals surface area contributed by atoms with E-state index in [9.17, 15) is 133 Å². The molecule has 6 aliphatic heterocycles. The average Bonchev–Trinajstić information content (AvgIpc) is 1.35. The van der Waals surface area contributed by atoms with Crippen LogP contribution in [0.3, 0.4) is 0 Å². The Bertz CT molecular complexity index is 6150. The maximum absolute atomic E-state index is 14.6. The minimum Gasteiger partial charge on any atom is -0.474 e. The molecular weight excluding hydrogens is 2050 g/mol. The molecule has 0 saturated carbocycles. The summed E-state index contributed by atoms with van der Waals surface area (Å²) in [5.74, 6) is -20.2. The van der Waals surface area contributed by atoms with Crippen molar-refractivity contribution in [3.8, 4) is 17.3 Å². The fourth-order valence-electron chi connectivity index (χ4n) is 17.4. The quantitative estimate of drug-likeness (QED) is 0.0196. The summed E-state index contributed by atoms with van der Waals surface area (Å²) in [4.78, 5) is 91.4. The van der Waals surface area contributed by atoms with Crippen molar-refractivity contribution in [1.29, 1.82) is 0 Å². The number of carbonyl (C=O) groups excluding carboxylic acids is 5. The average molecular weight is 2150 g/mol. The molecule has 6 saturated heterocycles. The number of halogens is 23. The van der Waals surface area contributed by atoms with E-state index in [1.54, 1.807) is 38.1 Å². The van der Waals surface area contributed by atoms with Crippen LogP contribution in [0.4, 0.5) is 101 Å². The first-order chi connectivity index (χ1) is 70.2. The van der Waals surface area contributed by atoms with Crippen molar-refractivity contribution in [1.82, 2.24) is 64.2 Å². The number of morpholine rings is 1. The number of rotatable bonds is 28. The lowest BCUT2D eigenvalue weighted by Crippen LogP contribution is -2.61. The molecule has 0 radical (unpaired) electrons. The number of nitrogens with zero attached hydrogens (tertiary/aromatic N) is 12. The third-order valence-corrected chi connectivity index (χ3v) is 26.6. The van der Waals surface area contributed by atoms with Crippen molar-refractivity contribution >= 4 is 39.6 Å². The second-order valence-corrected chi connectivity index (χ2v) is 38.4. The number of amides is 5. The third-order valence-electron chi connectivity index (χ3n) is 25.3. The first kappa shape index (κ1) is 117. The number of carbonyl (C=O) groups is 5. The number of hydrogen-bond donors (Lipinski definition) is 6. The maximum atomic E-state index is 14.6. The minimum atomic E-state index is -5.53. The van der Waals surface area contributed by atoms with Gasteiger partial charge >= 0.3 is 21.7 Å². The highest BCUT2D eigenvalue weighted by Gasteiger charge is 2.50. The number of likely N-dealkylation sites (tertiary alicyclic amines) is 5. The molecule has 0 aliphatic carbocycles. The normalized spacial score (nSPS) is 18.1. The Balaban J connectivity index is 0.000000177. The Morgan fingerprint density at radius 2 is 0.812 bits per heavy atom. The number of hydrogen-bond acceptors (Lipinski definition) is 22. The smallest absolute Gasteiger partial charge is 0.474 e. The van der Waals surface area contributed by atoms with Crippen LogP contribution >= 0.6 is 0 Å². The van der Waals surface area contributed by atoms with Gasteiger partial charge in [0.15, 0.2) is 58.2 Å². The van der Waals surface area contributed by atoms with Gasteiger partial charge in [-0.1, -0.05) is 11.2 Å². The monoisotopic (exact) mass is 2150 g/mol. The fourth-order valence-corrected chi connectivity index (χ4v) is 18.1. The number of benzene rings is 5. The zero-order valence-electron chi connectivity index (χ0n) is 79.8. The first-order valence-electron chi connectivity index (χ1n) is 47.1. The summed E-state index contributed by atoms with van der Waals surface area (Å²) in [6.07, 6.45) is 2.58. The number of aryl methyl sites for hydroxylation is 1. The van der Waals surface area contributed by atoms with Crippen molar-refractivity contribution in [3.05, 3.63) is 254 Å². The van der Waals surface area contributed by atoms with Gasteiger partial charge in [0.05, 0.1) is 31.4 Å². The second kappa shape index (κ2) is 52.5. The Kier molecular flexibility index (Phi) is 41.2. The summed E-state index contributed by atoms with van der Waals surface area (Å²) >= 11 is 0. The van der Waals surface area contributed by atoms with Crippen LogP contribution in [0.25, 0.3) is 11.4 Å². The van der Waals surface area contributed by atoms with Gasteiger partial charge in [0.25, 0.3) is 5.92 Å². The topological polar surface area (TPSA) is 390 Å². The van der Waals surface area contributed by atoms with Crippen LogP contribution in [0.2, 0.25) is 0 Å². The minimum absolute atomic E-state index is 0.00417. The molecular formula is C97H107F23N18O10S. The summed E-state index contributed by atoms with van der Waals surface area (Å²) in [7, 11) is -5.53. The molecule has 52 heteroatoms. The van der Waals surface area contributed by atoms with Gasteiger partial charge in [-0.25, -0.2) is 103 Å². The molecule has 5 aromatic carbocycles. The molecule has 7 atom stereocenters. The van der Waals surface area contributed by atoms with Gasteiger partial charge in [0.2, 0.25) is 47.1 Å². The number of aromatic nitrogens is 6. The summed E-state index contributed by atoms with van der Waals surface area (Å²) in [6.45, 7) is 5.52. The standard InChI is InChI=1S/C23H24F3N5O2.C20H20F6N4O.C20H22F3N3O2.C19H24F5N3O2.C15H17F6N3O3S/c1-13-2-3-15(12-28-13)22-29-23(33-30-22)14-4-6-31(7-5-14)21(32)10-17(27)8-16-9-19(25)20(26)11-18(16)24;21-15-8-17(23)16(22)6-12(15)5-14(27)7-18(31)30-3-1-11(2-4-30)19-28-9-13(10-29-19)20(24,25)26;21-16-12-18(23)17(22)10-13(16)9-14(24)11-20(27)26-7-4-15(5-8-26)28-19-3-1-2-6-25-19;20-14-10-16(22)15(21)8-12(14)7-13(25)9-18(28)27-2-1-17(19(23,24)11-27)26-3-5-29-6-4-26;16-11-6-13(18)12(17)4-8(11)3-9(22)5-14(25)24-2-1-10(7-24)23-28(26,27)15(19,20)21/h2-3,9,11-12,14,17H,4-8,10,27H2,1H3;6,8-11,14H,1-5,7,27H2;1-3,6,10,12,14-15H,4-5,7-9,11,24H2;8,10,13,17H,1-7,9,11,25H2;4,6,9-10,23H,1-3,5,7,22H2/t17-;2*14-;13-,17?;9-,10+/m11111/s1. The molecule has 812 valence electrons. The number of alkyl halides is 8. The van der Waals surface area contributed by atoms with Crippen molar-refractivity contribution in [3.63, 3.8) is 0 Å². The van der Waals surface area contributed by atoms with Crippen LogP contribution < -0.4 is 38.1 Å². The summed E-state index contributed by atoms with van der Waals surface area (Å²) in [5.41, 5.74) is 24.1. The lowest BCUT2D eigenvalue weighted by atomic mass is 9.95. The van der Waals surface area contributed by atoms with E-state index in [1.165, 1.54) is 4.72 Å². The molecule has 9 aromatic rings. The number of nitrogens with one attached hydrogen (secondary N) is 1. The summed E-state index contributed by atoms with van der Waals surface area (Å²) in [5, 5.41) is 4.04. The lowest BCUT2D eigenvalue weighted by molar-refractivity contribution is -0.160. The zero-order valence-corrected chi connectivity index (χ0v) is 80.6. The summed E-state index contributed by atoms with van der Waals surface area (Å²) in [6, 6.07) is 8.91. The molecule has 5 amide bonds. The van der Waals surface area contributed by atoms with Crippen LogP contribution in [0, 0.1) is 94.2 Å². The van der Waals surface area contributed by atoms with E-state index in [0.717, 1.165) is 51.6 Å². The van der Waals surface area contributed by atoms with Gasteiger partial charge < -0.3 is 67.2 Å². The van der Waals surface area contributed by atoms with E-state index in [2.05, 4.69) is 30.1 Å². The molecule has 28 nitrogen and oxygen atoms in total. The number of pyridine rings is 2. The highest BCUT2D eigenvalue weighted by molar-refractivity contribution is 7.90. The third kappa shape index (κ3) is 33.9. The van der Waals surface area contributed by atoms with Crippen LogP contribution in [0.5, 0.6) is 5.88 Å². The van der Waals surface area contributed by atoms with Crippen molar-refractivity contribution in [2.75, 3.05) is 91.8 Å². The van der Waals surface area contributed by atoms with Crippen molar-refractivity contribution in [2.45, 2.75) is 200 Å². The van der Waals surface area contributed by atoms with E-state index < -0.39 is 181 Å². The zero-order chi connectivity index (χ0) is 109. The van der Waals surface area contributed by atoms with Gasteiger partial charge in [-0.15, -0.1) is 0 Å². The fraction of sp³-hybridized carbons (Fsp3) is 0.474. The number of piperidine rings is 4. The molecule has 6 fully saturated rings. The van der Waals surface area contributed by atoms with Gasteiger partial charge in [-0.2, -0.15) is 31.3 Å². The molecule has 6 aliphatic rings. The maximum Gasteiger partial charge on any atom is 0.511 e.